The lowest BCUT2D eigenvalue weighted by Crippen LogP contribution is -2.04. The molecule has 0 aliphatic heterocycles. The summed E-state index contributed by atoms with van der Waals surface area (Å²) < 4.78 is 0. The number of hydrogen-bond donors (Lipinski definition) is 0. The Morgan fingerprint density at radius 1 is 1.46 bits per heavy atom. The number of ketones is 2. The summed E-state index contributed by atoms with van der Waals surface area (Å²) in [6, 6.07) is 0. The van der Waals surface area contributed by atoms with Gasteiger partial charge in [0.2, 0.25) is 0 Å². The Morgan fingerprint density at radius 3 is 2.85 bits per heavy atom. The van der Waals surface area contributed by atoms with E-state index in [1.807, 2.05) is 6.92 Å². The van der Waals surface area contributed by atoms with E-state index >= 15 is 0 Å². The molecule has 0 unspecified atom stereocenters. The van der Waals surface area contributed by atoms with Crippen molar-refractivity contribution in [3.63, 3.8) is 0 Å². The topological polar surface area (TPSA) is 34.1 Å². The molecule has 0 bridgehead atoms. The zero-order valence-corrected chi connectivity index (χ0v) is 8.14. The van der Waals surface area contributed by atoms with Gasteiger partial charge < -0.3 is 0 Å². The Balaban J connectivity index is 2.36. The van der Waals surface area contributed by atoms with E-state index < -0.39 is 0 Å². The molecule has 0 saturated carbocycles. The fourth-order valence-corrected chi connectivity index (χ4v) is 1.54. The van der Waals surface area contributed by atoms with Crippen LogP contribution in [0.1, 0.15) is 45.4 Å². The molecule has 0 atom stereocenters. The van der Waals surface area contributed by atoms with E-state index in [-0.39, 0.29) is 5.78 Å². The normalized spacial score (nSPS) is 17.0. The summed E-state index contributed by atoms with van der Waals surface area (Å²) >= 11 is 0. The first-order chi connectivity index (χ1) is 6.22. The van der Waals surface area contributed by atoms with Crippen LogP contribution >= 0.6 is 0 Å². The van der Waals surface area contributed by atoms with Gasteiger partial charge in [-0.3, -0.25) is 9.59 Å². The second-order valence-corrected chi connectivity index (χ2v) is 3.51. The number of allylic oxidation sites excluding steroid dienone is 2. The largest absolute Gasteiger partial charge is 0.300 e. The highest BCUT2D eigenvalue weighted by molar-refractivity contribution is 5.91. The predicted octanol–water partition coefficient (Wildman–Crippen LogP) is 2.43. The van der Waals surface area contributed by atoms with Crippen LogP contribution in [0.25, 0.3) is 0 Å². The Hall–Kier alpha value is -0.920. The van der Waals surface area contributed by atoms with Gasteiger partial charge in [0.25, 0.3) is 0 Å². The fraction of sp³-hybridized carbons (Fsp3) is 0.636. The van der Waals surface area contributed by atoms with Crippen molar-refractivity contribution < 1.29 is 9.59 Å². The van der Waals surface area contributed by atoms with Crippen LogP contribution in [-0.2, 0) is 9.59 Å². The van der Waals surface area contributed by atoms with E-state index in [1.165, 1.54) is 0 Å². The van der Waals surface area contributed by atoms with Crippen LogP contribution in [0.3, 0.4) is 0 Å². The molecular formula is C11H16O2. The highest BCUT2D eigenvalue weighted by atomic mass is 16.1. The second-order valence-electron chi connectivity index (χ2n) is 3.51. The molecule has 0 spiro atoms. The quantitative estimate of drug-likeness (QED) is 0.665. The van der Waals surface area contributed by atoms with Gasteiger partial charge in [0.15, 0.2) is 5.78 Å². The second kappa shape index (κ2) is 4.95. The number of carbonyl (C=O) groups excluding carboxylic acids is 2. The van der Waals surface area contributed by atoms with Crippen molar-refractivity contribution in [2.24, 2.45) is 0 Å². The third-order valence-corrected chi connectivity index (χ3v) is 2.41. The van der Waals surface area contributed by atoms with Gasteiger partial charge in [-0.2, -0.15) is 0 Å². The van der Waals surface area contributed by atoms with Crippen LogP contribution in [0.4, 0.5) is 0 Å². The van der Waals surface area contributed by atoms with Crippen molar-refractivity contribution in [2.45, 2.75) is 45.4 Å². The molecule has 1 aliphatic carbocycles. The molecule has 0 aromatic rings. The van der Waals surface area contributed by atoms with Gasteiger partial charge in [-0.25, -0.2) is 0 Å². The molecule has 0 radical (unpaired) electrons. The summed E-state index contributed by atoms with van der Waals surface area (Å²) in [4.78, 5) is 22.1. The van der Waals surface area contributed by atoms with Gasteiger partial charge in [0, 0.05) is 19.3 Å². The zero-order valence-electron chi connectivity index (χ0n) is 8.14. The van der Waals surface area contributed by atoms with Crippen LogP contribution in [0.15, 0.2) is 11.6 Å². The SMILES string of the molecule is CCC(=O)CCC1=CC(=O)CCC1. The van der Waals surface area contributed by atoms with Gasteiger partial charge in [-0.1, -0.05) is 12.5 Å². The molecule has 1 aliphatic rings. The highest BCUT2D eigenvalue weighted by Crippen LogP contribution is 2.19. The molecule has 0 amide bonds. The Bertz CT molecular complexity index is 238. The molecule has 1 rings (SSSR count). The minimum Gasteiger partial charge on any atom is -0.300 e. The number of hydrogen-bond acceptors (Lipinski definition) is 2. The monoisotopic (exact) mass is 180 g/mol. The summed E-state index contributed by atoms with van der Waals surface area (Å²) in [5, 5.41) is 0. The van der Waals surface area contributed by atoms with E-state index in [2.05, 4.69) is 0 Å². The molecule has 72 valence electrons. The zero-order chi connectivity index (χ0) is 9.68. The smallest absolute Gasteiger partial charge is 0.155 e. The number of rotatable bonds is 4. The van der Waals surface area contributed by atoms with Gasteiger partial charge >= 0.3 is 0 Å². The summed E-state index contributed by atoms with van der Waals surface area (Å²) in [6.45, 7) is 1.88. The van der Waals surface area contributed by atoms with Crippen molar-refractivity contribution in [3.05, 3.63) is 11.6 Å². The molecule has 0 saturated heterocycles. The Labute approximate surface area is 79.0 Å². The van der Waals surface area contributed by atoms with E-state index in [0.29, 0.717) is 25.0 Å². The van der Waals surface area contributed by atoms with Crippen molar-refractivity contribution in [1.29, 1.82) is 0 Å². The van der Waals surface area contributed by atoms with Crippen LogP contribution in [0, 0.1) is 0 Å². The molecular weight excluding hydrogens is 164 g/mol. The van der Waals surface area contributed by atoms with Gasteiger partial charge in [-0.15, -0.1) is 0 Å². The molecule has 2 heteroatoms. The standard InChI is InChI=1S/C11H16O2/c1-2-10(12)7-6-9-4-3-5-11(13)8-9/h8H,2-7H2,1H3. The van der Waals surface area contributed by atoms with Crippen LogP contribution in [-0.4, -0.2) is 11.6 Å². The fourth-order valence-electron chi connectivity index (χ4n) is 1.54. The van der Waals surface area contributed by atoms with Gasteiger partial charge in [0.05, 0.1) is 0 Å². The predicted molar refractivity (Wildman–Crippen MR) is 51.5 cm³/mol. The Morgan fingerprint density at radius 2 is 2.23 bits per heavy atom. The minimum absolute atomic E-state index is 0.227. The Kier molecular flexibility index (Phi) is 3.87. The van der Waals surface area contributed by atoms with Crippen LogP contribution in [0.5, 0.6) is 0 Å². The maximum absolute atomic E-state index is 11.0. The average molecular weight is 180 g/mol. The number of carbonyl (C=O) groups is 2. The van der Waals surface area contributed by atoms with Gasteiger partial charge in [0.1, 0.15) is 5.78 Å². The van der Waals surface area contributed by atoms with E-state index in [0.717, 1.165) is 24.8 Å². The third-order valence-electron chi connectivity index (χ3n) is 2.41. The summed E-state index contributed by atoms with van der Waals surface area (Å²) in [5.74, 6) is 0.518. The molecule has 0 aromatic carbocycles. The maximum Gasteiger partial charge on any atom is 0.155 e. The lowest BCUT2D eigenvalue weighted by molar-refractivity contribution is -0.119. The van der Waals surface area contributed by atoms with Crippen molar-refractivity contribution in [3.8, 4) is 0 Å². The van der Waals surface area contributed by atoms with E-state index in [4.69, 9.17) is 0 Å². The molecule has 2 nitrogen and oxygen atoms in total. The molecule has 0 fully saturated rings. The molecule has 13 heavy (non-hydrogen) atoms. The first-order valence-corrected chi connectivity index (χ1v) is 4.96. The third kappa shape index (κ3) is 3.53. The summed E-state index contributed by atoms with van der Waals surface area (Å²) in [6.07, 6.45) is 6.39. The summed E-state index contributed by atoms with van der Waals surface area (Å²) in [7, 11) is 0. The summed E-state index contributed by atoms with van der Waals surface area (Å²) in [5.41, 5.74) is 1.16. The van der Waals surface area contributed by atoms with Crippen molar-refractivity contribution >= 4 is 11.6 Å². The van der Waals surface area contributed by atoms with E-state index in [1.54, 1.807) is 6.08 Å². The molecule has 0 heterocycles. The van der Waals surface area contributed by atoms with Crippen LogP contribution < -0.4 is 0 Å². The van der Waals surface area contributed by atoms with Crippen molar-refractivity contribution in [1.82, 2.24) is 0 Å². The molecule has 0 N–H and O–H groups in total. The van der Waals surface area contributed by atoms with Crippen LogP contribution in [0.2, 0.25) is 0 Å². The average Bonchev–Trinajstić information content (AvgIpc) is 2.14. The number of Topliss-reactive ketones (excluding diaryl/α,β-unsaturated/α-hetero) is 1. The highest BCUT2D eigenvalue weighted by Gasteiger charge is 2.10. The maximum atomic E-state index is 11.0. The lowest BCUT2D eigenvalue weighted by atomic mass is 9.94. The molecule has 0 aromatic heterocycles. The first kappa shape index (κ1) is 10.2. The lowest BCUT2D eigenvalue weighted by Gasteiger charge is -2.10. The van der Waals surface area contributed by atoms with Gasteiger partial charge in [-0.05, 0) is 25.3 Å². The minimum atomic E-state index is 0.227. The first-order valence-electron chi connectivity index (χ1n) is 4.96. The van der Waals surface area contributed by atoms with Crippen molar-refractivity contribution in [2.75, 3.05) is 0 Å². The van der Waals surface area contributed by atoms with E-state index in [9.17, 15) is 9.59 Å².